The van der Waals surface area contributed by atoms with Gasteiger partial charge in [-0.2, -0.15) is 0 Å². The second-order valence-electron chi connectivity index (χ2n) is 2.29. The highest BCUT2D eigenvalue weighted by Gasteiger charge is 2.19. The van der Waals surface area contributed by atoms with Gasteiger partial charge in [-0.15, -0.1) is 0 Å². The van der Waals surface area contributed by atoms with E-state index in [0.29, 0.717) is 4.47 Å². The standard InChI is InChI=1S/C7H6BrClF2N2/c8-3-2-13-4(1-12)5(6(3)9)7(10)11/h2,7H,1,12H2. The van der Waals surface area contributed by atoms with Crippen molar-refractivity contribution in [1.82, 2.24) is 4.98 Å². The van der Waals surface area contributed by atoms with E-state index in [1.807, 2.05) is 0 Å². The van der Waals surface area contributed by atoms with E-state index in [0.717, 1.165) is 0 Å². The van der Waals surface area contributed by atoms with Crippen LogP contribution in [0.15, 0.2) is 10.7 Å². The Morgan fingerprint density at radius 1 is 1.62 bits per heavy atom. The van der Waals surface area contributed by atoms with Crippen molar-refractivity contribution in [1.29, 1.82) is 0 Å². The number of aromatic nitrogens is 1. The van der Waals surface area contributed by atoms with Crippen LogP contribution in [0, 0.1) is 0 Å². The molecular weight excluding hydrogens is 265 g/mol. The molecule has 0 unspecified atom stereocenters. The van der Waals surface area contributed by atoms with Crippen LogP contribution in [0.4, 0.5) is 8.78 Å². The van der Waals surface area contributed by atoms with Gasteiger partial charge >= 0.3 is 0 Å². The van der Waals surface area contributed by atoms with Crippen molar-refractivity contribution in [3.05, 3.63) is 26.9 Å². The van der Waals surface area contributed by atoms with Crippen LogP contribution >= 0.6 is 27.5 Å². The zero-order valence-electron chi connectivity index (χ0n) is 6.40. The van der Waals surface area contributed by atoms with Gasteiger partial charge in [-0.1, -0.05) is 11.6 Å². The number of rotatable bonds is 2. The normalized spacial score (nSPS) is 10.9. The summed E-state index contributed by atoms with van der Waals surface area (Å²) in [7, 11) is 0. The third kappa shape index (κ3) is 2.15. The van der Waals surface area contributed by atoms with Crippen LogP contribution in [0.25, 0.3) is 0 Å². The molecule has 6 heteroatoms. The topological polar surface area (TPSA) is 38.9 Å². The van der Waals surface area contributed by atoms with E-state index >= 15 is 0 Å². The van der Waals surface area contributed by atoms with Crippen molar-refractivity contribution < 1.29 is 8.78 Å². The van der Waals surface area contributed by atoms with Gasteiger partial charge in [-0.05, 0) is 15.9 Å². The number of halogens is 4. The van der Waals surface area contributed by atoms with Gasteiger partial charge in [0.1, 0.15) is 0 Å². The van der Waals surface area contributed by atoms with E-state index in [1.165, 1.54) is 6.20 Å². The Labute approximate surface area is 87.2 Å². The lowest BCUT2D eigenvalue weighted by Crippen LogP contribution is -2.05. The Morgan fingerprint density at radius 3 is 2.69 bits per heavy atom. The Balaban J connectivity index is 3.32. The maximum Gasteiger partial charge on any atom is 0.267 e. The quantitative estimate of drug-likeness (QED) is 0.898. The third-order valence-corrected chi connectivity index (χ3v) is 2.74. The minimum atomic E-state index is -2.66. The molecule has 72 valence electrons. The molecular formula is C7H6BrClF2N2. The number of alkyl halides is 2. The third-order valence-electron chi connectivity index (χ3n) is 1.50. The molecule has 0 aliphatic carbocycles. The lowest BCUT2D eigenvalue weighted by molar-refractivity contribution is 0.149. The first-order valence-electron chi connectivity index (χ1n) is 3.39. The van der Waals surface area contributed by atoms with Gasteiger partial charge in [0.05, 0.1) is 20.8 Å². The van der Waals surface area contributed by atoms with Crippen molar-refractivity contribution in [3.8, 4) is 0 Å². The second kappa shape index (κ2) is 4.30. The molecule has 0 atom stereocenters. The number of hydrogen-bond acceptors (Lipinski definition) is 2. The van der Waals surface area contributed by atoms with Gasteiger partial charge in [0.15, 0.2) is 0 Å². The zero-order valence-corrected chi connectivity index (χ0v) is 8.74. The van der Waals surface area contributed by atoms with Crippen molar-refractivity contribution in [2.24, 2.45) is 5.73 Å². The fourth-order valence-electron chi connectivity index (χ4n) is 0.901. The summed E-state index contributed by atoms with van der Waals surface area (Å²) in [6, 6.07) is 0. The number of pyridine rings is 1. The predicted octanol–water partition coefficient (Wildman–Crippen LogP) is 2.89. The number of hydrogen-bond donors (Lipinski definition) is 1. The molecule has 0 aromatic carbocycles. The maximum absolute atomic E-state index is 12.5. The molecule has 1 aromatic rings. The summed E-state index contributed by atoms with van der Waals surface area (Å²) in [5, 5.41) is -0.0227. The smallest absolute Gasteiger partial charge is 0.267 e. The van der Waals surface area contributed by atoms with Crippen LogP contribution in [0.5, 0.6) is 0 Å². The van der Waals surface area contributed by atoms with Gasteiger partial charge in [0.2, 0.25) is 0 Å². The molecule has 1 aromatic heterocycles. The Kier molecular flexibility index (Phi) is 3.58. The van der Waals surface area contributed by atoms with Crippen molar-refractivity contribution >= 4 is 27.5 Å². The molecule has 0 radical (unpaired) electrons. The molecule has 13 heavy (non-hydrogen) atoms. The maximum atomic E-state index is 12.5. The minimum absolute atomic E-state index is 0.0227. The molecule has 1 heterocycles. The highest BCUT2D eigenvalue weighted by atomic mass is 79.9. The average Bonchev–Trinajstić information content (AvgIpc) is 2.08. The molecule has 2 nitrogen and oxygen atoms in total. The molecule has 0 spiro atoms. The predicted molar refractivity (Wildman–Crippen MR) is 49.8 cm³/mol. The zero-order chi connectivity index (χ0) is 10.0. The summed E-state index contributed by atoms with van der Waals surface area (Å²) < 4.78 is 25.3. The lowest BCUT2D eigenvalue weighted by atomic mass is 10.2. The van der Waals surface area contributed by atoms with Gasteiger partial charge in [0.25, 0.3) is 6.43 Å². The molecule has 1 rings (SSSR count). The van der Waals surface area contributed by atoms with E-state index in [-0.39, 0.29) is 22.8 Å². The van der Waals surface area contributed by atoms with E-state index in [1.54, 1.807) is 0 Å². The van der Waals surface area contributed by atoms with Crippen LogP contribution in [0.2, 0.25) is 5.02 Å². The molecule has 0 bridgehead atoms. The fourth-order valence-corrected chi connectivity index (χ4v) is 1.46. The second-order valence-corrected chi connectivity index (χ2v) is 3.52. The minimum Gasteiger partial charge on any atom is -0.325 e. The summed E-state index contributed by atoms with van der Waals surface area (Å²) in [6.07, 6.45) is -1.30. The number of nitrogens with two attached hydrogens (primary N) is 1. The first kappa shape index (κ1) is 10.8. The van der Waals surface area contributed by atoms with Crippen molar-refractivity contribution in [3.63, 3.8) is 0 Å². The van der Waals surface area contributed by atoms with E-state index in [9.17, 15) is 8.78 Å². The molecule has 0 aliphatic heterocycles. The Hall–Kier alpha value is -0.260. The Morgan fingerprint density at radius 2 is 2.23 bits per heavy atom. The van der Waals surface area contributed by atoms with E-state index in [2.05, 4.69) is 20.9 Å². The molecule has 0 aliphatic rings. The van der Waals surface area contributed by atoms with Gasteiger partial charge in [0, 0.05) is 12.7 Å². The summed E-state index contributed by atoms with van der Waals surface area (Å²) >= 11 is 8.66. The van der Waals surface area contributed by atoms with Crippen LogP contribution in [0.3, 0.4) is 0 Å². The lowest BCUT2D eigenvalue weighted by Gasteiger charge is -2.08. The first-order valence-corrected chi connectivity index (χ1v) is 4.56. The summed E-state index contributed by atoms with van der Waals surface area (Å²) in [5.41, 5.74) is 5.07. The van der Waals surface area contributed by atoms with E-state index in [4.69, 9.17) is 17.3 Å². The van der Waals surface area contributed by atoms with Crippen LogP contribution in [0.1, 0.15) is 17.7 Å². The monoisotopic (exact) mass is 270 g/mol. The van der Waals surface area contributed by atoms with E-state index < -0.39 is 6.43 Å². The fraction of sp³-hybridized carbons (Fsp3) is 0.286. The van der Waals surface area contributed by atoms with Crippen LogP contribution in [-0.4, -0.2) is 4.98 Å². The van der Waals surface area contributed by atoms with Gasteiger partial charge in [-0.25, -0.2) is 8.78 Å². The summed E-state index contributed by atoms with van der Waals surface area (Å²) in [5.74, 6) is 0. The molecule has 0 fully saturated rings. The molecule has 0 amide bonds. The molecule has 2 N–H and O–H groups in total. The molecule has 0 saturated carbocycles. The summed E-state index contributed by atoms with van der Waals surface area (Å²) in [4.78, 5) is 3.74. The summed E-state index contributed by atoms with van der Waals surface area (Å²) in [6.45, 7) is -0.0489. The van der Waals surface area contributed by atoms with Crippen LogP contribution < -0.4 is 5.73 Å². The van der Waals surface area contributed by atoms with Crippen molar-refractivity contribution in [2.75, 3.05) is 0 Å². The Bertz CT molecular complexity index is 320. The van der Waals surface area contributed by atoms with Crippen LogP contribution in [-0.2, 0) is 6.54 Å². The van der Waals surface area contributed by atoms with Gasteiger partial charge in [-0.3, -0.25) is 4.98 Å². The average molecular weight is 271 g/mol. The molecule has 0 saturated heterocycles. The van der Waals surface area contributed by atoms with Gasteiger partial charge < -0.3 is 5.73 Å². The first-order chi connectivity index (χ1) is 6.07. The highest BCUT2D eigenvalue weighted by molar-refractivity contribution is 9.10. The largest absolute Gasteiger partial charge is 0.325 e. The van der Waals surface area contributed by atoms with Crippen molar-refractivity contribution in [2.45, 2.75) is 13.0 Å². The SMILES string of the molecule is NCc1ncc(Br)c(Cl)c1C(F)F. The highest BCUT2D eigenvalue weighted by Crippen LogP contribution is 2.33. The number of nitrogens with zero attached hydrogens (tertiary/aromatic N) is 1.